The van der Waals surface area contributed by atoms with Gasteiger partial charge in [-0.3, -0.25) is 4.90 Å². The molecule has 0 saturated carbocycles. The van der Waals surface area contributed by atoms with Crippen molar-refractivity contribution in [1.29, 1.82) is 0 Å². The van der Waals surface area contributed by atoms with Gasteiger partial charge in [-0.1, -0.05) is 35.0 Å². The lowest BCUT2D eigenvalue weighted by molar-refractivity contribution is 0.272. The lowest BCUT2D eigenvalue weighted by atomic mass is 10.1. The van der Waals surface area contributed by atoms with E-state index in [-0.39, 0.29) is 24.8 Å². The Bertz CT molecular complexity index is 556. The summed E-state index contributed by atoms with van der Waals surface area (Å²) in [4.78, 5) is 2.31. The van der Waals surface area contributed by atoms with Crippen LogP contribution in [0.1, 0.15) is 17.7 Å². The van der Waals surface area contributed by atoms with Gasteiger partial charge >= 0.3 is 0 Å². The summed E-state index contributed by atoms with van der Waals surface area (Å²) in [5, 5.41) is 4.14. The Labute approximate surface area is 137 Å². The summed E-state index contributed by atoms with van der Waals surface area (Å²) in [6.45, 7) is 4.86. The van der Waals surface area contributed by atoms with Crippen LogP contribution >= 0.6 is 24.8 Å². The third-order valence-corrected chi connectivity index (χ3v) is 3.59. The molecule has 6 heteroatoms. The number of hydrogen-bond acceptors (Lipinski definition) is 4. The van der Waals surface area contributed by atoms with Crippen LogP contribution in [0.5, 0.6) is 0 Å². The molecule has 1 aromatic heterocycles. The number of likely N-dealkylation sites (tertiary alicyclic amines) is 1. The molecule has 2 aromatic rings. The van der Waals surface area contributed by atoms with Gasteiger partial charge in [0.2, 0.25) is 0 Å². The van der Waals surface area contributed by atoms with Crippen LogP contribution in [0.15, 0.2) is 34.9 Å². The Morgan fingerprint density at radius 2 is 2.00 bits per heavy atom. The summed E-state index contributed by atoms with van der Waals surface area (Å²) in [6.07, 6.45) is 1.07. The van der Waals surface area contributed by atoms with Crippen molar-refractivity contribution in [3.63, 3.8) is 0 Å². The van der Waals surface area contributed by atoms with Crippen molar-refractivity contribution in [3.05, 3.63) is 41.7 Å². The Morgan fingerprint density at radius 1 is 1.29 bits per heavy atom. The second kappa shape index (κ2) is 7.80. The fourth-order valence-electron chi connectivity index (χ4n) is 2.47. The molecule has 0 spiro atoms. The first-order chi connectivity index (χ1) is 9.20. The maximum absolute atomic E-state index is 5.90. The average Bonchev–Trinajstić information content (AvgIpc) is 3.00. The first kappa shape index (κ1) is 18.0. The molecule has 0 amide bonds. The first-order valence-electron chi connectivity index (χ1n) is 6.71. The highest BCUT2D eigenvalue weighted by Crippen LogP contribution is 2.21. The quantitative estimate of drug-likeness (QED) is 0.940. The Hall–Kier alpha value is -1.07. The Morgan fingerprint density at radius 3 is 2.62 bits per heavy atom. The van der Waals surface area contributed by atoms with Crippen LogP contribution < -0.4 is 5.73 Å². The van der Waals surface area contributed by atoms with Gasteiger partial charge in [0.15, 0.2) is 5.76 Å². The molecule has 0 aliphatic carbocycles. The van der Waals surface area contributed by atoms with E-state index in [1.165, 1.54) is 5.56 Å². The SMILES string of the molecule is Cc1ccc(-c2cc(CN3CCC(N)C3)on2)cc1.Cl.Cl. The zero-order valence-electron chi connectivity index (χ0n) is 12.0. The molecule has 1 aliphatic rings. The van der Waals surface area contributed by atoms with Gasteiger partial charge in [-0.05, 0) is 13.3 Å². The van der Waals surface area contributed by atoms with Gasteiger partial charge < -0.3 is 10.3 Å². The van der Waals surface area contributed by atoms with Crippen molar-refractivity contribution in [2.75, 3.05) is 13.1 Å². The molecule has 1 fully saturated rings. The van der Waals surface area contributed by atoms with Gasteiger partial charge in [0, 0.05) is 30.8 Å². The van der Waals surface area contributed by atoms with Crippen molar-refractivity contribution in [1.82, 2.24) is 10.1 Å². The normalized spacial score (nSPS) is 18.1. The molecule has 116 valence electrons. The molecule has 2 heterocycles. The van der Waals surface area contributed by atoms with E-state index in [1.807, 2.05) is 6.07 Å². The summed E-state index contributed by atoms with van der Waals surface area (Å²) in [7, 11) is 0. The van der Waals surface area contributed by atoms with Crippen molar-refractivity contribution in [3.8, 4) is 11.3 Å². The van der Waals surface area contributed by atoms with Crippen LogP contribution in [0.25, 0.3) is 11.3 Å². The van der Waals surface area contributed by atoms with Crippen LogP contribution in [0.4, 0.5) is 0 Å². The maximum Gasteiger partial charge on any atom is 0.151 e. The van der Waals surface area contributed by atoms with E-state index >= 15 is 0 Å². The molecule has 4 nitrogen and oxygen atoms in total. The third kappa shape index (κ3) is 4.45. The topological polar surface area (TPSA) is 55.3 Å². The molecule has 0 bridgehead atoms. The molecule has 1 saturated heterocycles. The minimum absolute atomic E-state index is 0. The van der Waals surface area contributed by atoms with E-state index in [4.69, 9.17) is 10.3 Å². The highest BCUT2D eigenvalue weighted by molar-refractivity contribution is 5.85. The molecular weight excluding hydrogens is 309 g/mol. The predicted octanol–water partition coefficient (Wildman–Crippen LogP) is 3.03. The molecular formula is C15H21Cl2N3O. The summed E-state index contributed by atoms with van der Waals surface area (Å²) < 4.78 is 5.41. The van der Waals surface area contributed by atoms with E-state index in [0.717, 1.165) is 43.1 Å². The van der Waals surface area contributed by atoms with Crippen LogP contribution in [0.3, 0.4) is 0 Å². The van der Waals surface area contributed by atoms with E-state index in [1.54, 1.807) is 0 Å². The van der Waals surface area contributed by atoms with Gasteiger partial charge in [0.1, 0.15) is 5.69 Å². The largest absolute Gasteiger partial charge is 0.359 e. The summed E-state index contributed by atoms with van der Waals surface area (Å²) in [6, 6.07) is 10.6. The molecule has 1 atom stereocenters. The Kier molecular flexibility index (Phi) is 6.68. The molecule has 1 aromatic carbocycles. The second-order valence-corrected chi connectivity index (χ2v) is 5.33. The number of rotatable bonds is 3. The van der Waals surface area contributed by atoms with E-state index < -0.39 is 0 Å². The highest BCUT2D eigenvalue weighted by Gasteiger charge is 2.20. The minimum atomic E-state index is 0. The van der Waals surface area contributed by atoms with Gasteiger partial charge in [-0.2, -0.15) is 0 Å². The number of nitrogens with two attached hydrogens (primary N) is 1. The predicted molar refractivity (Wildman–Crippen MR) is 89.0 cm³/mol. The van der Waals surface area contributed by atoms with E-state index in [9.17, 15) is 0 Å². The van der Waals surface area contributed by atoms with Crippen molar-refractivity contribution >= 4 is 24.8 Å². The van der Waals surface area contributed by atoms with Crippen LogP contribution in [0.2, 0.25) is 0 Å². The zero-order chi connectivity index (χ0) is 13.2. The van der Waals surface area contributed by atoms with E-state index in [2.05, 4.69) is 41.2 Å². The van der Waals surface area contributed by atoms with Crippen molar-refractivity contribution in [2.45, 2.75) is 25.9 Å². The smallest absolute Gasteiger partial charge is 0.151 e. The van der Waals surface area contributed by atoms with Gasteiger partial charge in [-0.15, -0.1) is 24.8 Å². The van der Waals surface area contributed by atoms with Gasteiger partial charge in [0.05, 0.1) is 6.54 Å². The molecule has 0 radical (unpaired) electrons. The second-order valence-electron chi connectivity index (χ2n) is 5.33. The van der Waals surface area contributed by atoms with Crippen LogP contribution in [-0.2, 0) is 6.54 Å². The lowest BCUT2D eigenvalue weighted by Crippen LogP contribution is -2.26. The number of aryl methyl sites for hydroxylation is 1. The van der Waals surface area contributed by atoms with E-state index in [0.29, 0.717) is 6.04 Å². The third-order valence-electron chi connectivity index (χ3n) is 3.59. The number of halogens is 2. The molecule has 2 N–H and O–H groups in total. The summed E-state index contributed by atoms with van der Waals surface area (Å²) in [5.74, 6) is 0.907. The standard InChI is InChI=1S/C15H19N3O.2ClH/c1-11-2-4-12(5-3-11)15-8-14(19-17-15)10-18-7-6-13(16)9-18;;/h2-5,8,13H,6-7,9-10,16H2,1H3;2*1H. The number of hydrogen-bond donors (Lipinski definition) is 1. The lowest BCUT2D eigenvalue weighted by Gasteiger charge is -2.11. The van der Waals surface area contributed by atoms with Crippen LogP contribution in [0, 0.1) is 6.92 Å². The molecule has 3 rings (SSSR count). The first-order valence-corrected chi connectivity index (χ1v) is 6.71. The number of benzene rings is 1. The van der Waals surface area contributed by atoms with Crippen molar-refractivity contribution in [2.24, 2.45) is 5.73 Å². The summed E-state index contributed by atoms with van der Waals surface area (Å²) >= 11 is 0. The molecule has 1 aliphatic heterocycles. The summed E-state index contributed by atoms with van der Waals surface area (Å²) in [5.41, 5.74) is 9.15. The van der Waals surface area contributed by atoms with Gasteiger partial charge in [0.25, 0.3) is 0 Å². The number of aromatic nitrogens is 1. The van der Waals surface area contributed by atoms with Crippen LogP contribution in [-0.4, -0.2) is 29.2 Å². The number of nitrogens with zero attached hydrogens (tertiary/aromatic N) is 2. The molecule has 1 unspecified atom stereocenters. The highest BCUT2D eigenvalue weighted by atomic mass is 35.5. The van der Waals surface area contributed by atoms with Gasteiger partial charge in [-0.25, -0.2) is 0 Å². The fraction of sp³-hybridized carbons (Fsp3) is 0.400. The van der Waals surface area contributed by atoms with Crippen molar-refractivity contribution < 1.29 is 4.52 Å². The minimum Gasteiger partial charge on any atom is -0.359 e. The average molecular weight is 330 g/mol. The monoisotopic (exact) mass is 329 g/mol. The Balaban J connectivity index is 0.00000110. The fourth-order valence-corrected chi connectivity index (χ4v) is 2.47. The molecule has 21 heavy (non-hydrogen) atoms. The maximum atomic E-state index is 5.90. The zero-order valence-corrected chi connectivity index (χ0v) is 13.6.